The van der Waals surface area contributed by atoms with E-state index in [1.807, 2.05) is 4.90 Å². The highest BCUT2D eigenvalue weighted by Gasteiger charge is 2.28. The van der Waals surface area contributed by atoms with Gasteiger partial charge in [0, 0.05) is 24.2 Å². The molecule has 1 saturated carbocycles. The van der Waals surface area contributed by atoms with Crippen molar-refractivity contribution in [3.8, 4) is 11.3 Å². The third-order valence-corrected chi connectivity index (χ3v) is 6.36. The fraction of sp³-hybridized carbons (Fsp3) is 0.565. The maximum absolute atomic E-state index is 12.9. The lowest BCUT2D eigenvalue weighted by Gasteiger charge is -2.34. The zero-order valence-corrected chi connectivity index (χ0v) is 16.3. The molecule has 2 aliphatic rings. The molecule has 0 unspecified atom stereocenters. The third-order valence-electron chi connectivity index (χ3n) is 6.36. The van der Waals surface area contributed by atoms with E-state index in [2.05, 4.69) is 36.3 Å². The number of hydrogen-bond acceptors (Lipinski definition) is 3. The van der Waals surface area contributed by atoms with Crippen LogP contribution in [0.25, 0.3) is 11.3 Å². The van der Waals surface area contributed by atoms with Crippen LogP contribution in [0, 0.1) is 0 Å². The second-order valence-corrected chi connectivity index (χ2v) is 8.09. The molecule has 1 aromatic carbocycles. The molecule has 1 amide bonds. The van der Waals surface area contributed by atoms with Crippen molar-refractivity contribution >= 4 is 5.91 Å². The van der Waals surface area contributed by atoms with Gasteiger partial charge in [0.05, 0.1) is 0 Å². The van der Waals surface area contributed by atoms with E-state index in [4.69, 9.17) is 4.52 Å². The second-order valence-electron chi connectivity index (χ2n) is 8.09. The fourth-order valence-corrected chi connectivity index (χ4v) is 4.71. The Morgan fingerprint density at radius 3 is 2.56 bits per heavy atom. The highest BCUT2D eigenvalue weighted by molar-refractivity contribution is 5.93. The number of benzene rings is 1. The first-order chi connectivity index (χ1) is 13.3. The van der Waals surface area contributed by atoms with Gasteiger partial charge >= 0.3 is 0 Å². The lowest BCUT2D eigenvalue weighted by atomic mass is 9.84. The number of amides is 1. The Morgan fingerprint density at radius 2 is 1.81 bits per heavy atom. The highest BCUT2D eigenvalue weighted by atomic mass is 16.5. The van der Waals surface area contributed by atoms with Gasteiger partial charge in [-0.05, 0) is 50.0 Å². The van der Waals surface area contributed by atoms with Crippen LogP contribution in [0.3, 0.4) is 0 Å². The zero-order chi connectivity index (χ0) is 18.6. The van der Waals surface area contributed by atoms with Gasteiger partial charge in [0.2, 0.25) is 0 Å². The SMILES string of the molecule is CC[C@H]1CCCCN1C(=O)c1cc(-c2ccc(C3CCCCC3)cc2)on1. The average Bonchev–Trinajstić information content (AvgIpc) is 3.24. The van der Waals surface area contributed by atoms with Crippen LogP contribution in [0.4, 0.5) is 0 Å². The Kier molecular flexibility index (Phi) is 5.61. The molecule has 4 nitrogen and oxygen atoms in total. The number of carbonyl (C=O) groups excluding carboxylic acids is 1. The minimum atomic E-state index is 0.00961. The fourth-order valence-electron chi connectivity index (χ4n) is 4.71. The molecule has 1 aliphatic carbocycles. The van der Waals surface area contributed by atoms with E-state index in [0.717, 1.165) is 31.4 Å². The van der Waals surface area contributed by atoms with Crippen LogP contribution >= 0.6 is 0 Å². The lowest BCUT2D eigenvalue weighted by molar-refractivity contribution is 0.0597. The van der Waals surface area contributed by atoms with E-state index in [0.29, 0.717) is 23.4 Å². The number of aromatic nitrogens is 1. The van der Waals surface area contributed by atoms with Gasteiger partial charge in [-0.2, -0.15) is 0 Å². The summed E-state index contributed by atoms with van der Waals surface area (Å²) < 4.78 is 5.52. The summed E-state index contributed by atoms with van der Waals surface area (Å²) in [5.74, 6) is 1.39. The van der Waals surface area contributed by atoms with Crippen molar-refractivity contribution in [3.05, 3.63) is 41.6 Å². The van der Waals surface area contributed by atoms with Crippen LogP contribution in [0.15, 0.2) is 34.9 Å². The molecule has 2 heterocycles. The van der Waals surface area contributed by atoms with Gasteiger partial charge < -0.3 is 9.42 Å². The number of likely N-dealkylation sites (tertiary alicyclic amines) is 1. The summed E-state index contributed by atoms with van der Waals surface area (Å²) in [6.45, 7) is 2.98. The predicted molar refractivity (Wildman–Crippen MR) is 107 cm³/mol. The van der Waals surface area contributed by atoms with Crippen LogP contribution in [0.5, 0.6) is 0 Å². The minimum Gasteiger partial charge on any atom is -0.355 e. The molecule has 2 fully saturated rings. The van der Waals surface area contributed by atoms with E-state index in [-0.39, 0.29) is 5.91 Å². The standard InChI is InChI=1S/C23H30N2O2/c1-2-20-10-6-7-15-25(20)23(26)21-16-22(27-24-21)19-13-11-18(12-14-19)17-8-4-3-5-9-17/h11-14,16-17,20H,2-10,15H2,1H3/t20-/m0/s1. The smallest absolute Gasteiger partial charge is 0.276 e. The third kappa shape index (κ3) is 3.95. The molecule has 0 N–H and O–H groups in total. The molecule has 1 aromatic heterocycles. The highest BCUT2D eigenvalue weighted by Crippen LogP contribution is 2.33. The molecule has 2 aromatic rings. The topological polar surface area (TPSA) is 46.3 Å². The van der Waals surface area contributed by atoms with Gasteiger partial charge in [0.15, 0.2) is 11.5 Å². The molecule has 0 spiro atoms. The average molecular weight is 367 g/mol. The van der Waals surface area contributed by atoms with E-state index in [1.54, 1.807) is 6.07 Å². The molecule has 1 aliphatic heterocycles. The number of carbonyl (C=O) groups is 1. The predicted octanol–water partition coefficient (Wildman–Crippen LogP) is 5.79. The van der Waals surface area contributed by atoms with Crippen molar-refractivity contribution in [2.75, 3.05) is 6.54 Å². The van der Waals surface area contributed by atoms with Crippen LogP contribution in [-0.2, 0) is 0 Å². The van der Waals surface area contributed by atoms with Gasteiger partial charge in [0.1, 0.15) is 0 Å². The second kappa shape index (κ2) is 8.28. The monoisotopic (exact) mass is 366 g/mol. The Morgan fingerprint density at radius 1 is 1.07 bits per heavy atom. The van der Waals surface area contributed by atoms with Crippen LogP contribution in [0.2, 0.25) is 0 Å². The minimum absolute atomic E-state index is 0.00961. The first kappa shape index (κ1) is 18.3. The van der Waals surface area contributed by atoms with Crippen molar-refractivity contribution in [3.63, 3.8) is 0 Å². The maximum atomic E-state index is 12.9. The number of piperidine rings is 1. The summed E-state index contributed by atoms with van der Waals surface area (Å²) in [5.41, 5.74) is 2.85. The number of rotatable bonds is 4. The molecule has 144 valence electrons. The van der Waals surface area contributed by atoms with Crippen molar-refractivity contribution in [1.29, 1.82) is 0 Å². The molecule has 4 heteroatoms. The Hall–Kier alpha value is -2.10. The molecule has 27 heavy (non-hydrogen) atoms. The molecule has 0 bridgehead atoms. The Labute approximate surface area is 161 Å². The van der Waals surface area contributed by atoms with Gasteiger partial charge in [-0.15, -0.1) is 0 Å². The van der Waals surface area contributed by atoms with Gasteiger partial charge in [0.25, 0.3) is 5.91 Å². The summed E-state index contributed by atoms with van der Waals surface area (Å²) in [6.07, 6.45) is 11.0. The molecule has 1 atom stereocenters. The van der Waals surface area contributed by atoms with Gasteiger partial charge in [-0.3, -0.25) is 4.79 Å². The molecular formula is C23H30N2O2. The number of hydrogen-bond donors (Lipinski definition) is 0. The van der Waals surface area contributed by atoms with Crippen molar-refractivity contribution in [1.82, 2.24) is 10.1 Å². The zero-order valence-electron chi connectivity index (χ0n) is 16.3. The Balaban J connectivity index is 1.47. The summed E-state index contributed by atoms with van der Waals surface area (Å²) >= 11 is 0. The van der Waals surface area contributed by atoms with Crippen molar-refractivity contribution < 1.29 is 9.32 Å². The first-order valence-electron chi connectivity index (χ1n) is 10.6. The van der Waals surface area contributed by atoms with Crippen LogP contribution in [0.1, 0.15) is 86.7 Å². The molecule has 0 radical (unpaired) electrons. The van der Waals surface area contributed by atoms with Crippen molar-refractivity contribution in [2.45, 2.75) is 76.7 Å². The summed E-state index contributed by atoms with van der Waals surface area (Å²) in [7, 11) is 0. The molecular weight excluding hydrogens is 336 g/mol. The normalized spacial score (nSPS) is 21.4. The maximum Gasteiger partial charge on any atom is 0.276 e. The quantitative estimate of drug-likeness (QED) is 0.687. The summed E-state index contributed by atoms with van der Waals surface area (Å²) in [6, 6.07) is 10.8. The number of nitrogens with zero attached hydrogens (tertiary/aromatic N) is 2. The van der Waals surface area contributed by atoms with E-state index < -0.39 is 0 Å². The van der Waals surface area contributed by atoms with E-state index in [9.17, 15) is 4.79 Å². The van der Waals surface area contributed by atoms with Crippen molar-refractivity contribution in [2.24, 2.45) is 0 Å². The first-order valence-corrected chi connectivity index (χ1v) is 10.6. The largest absolute Gasteiger partial charge is 0.355 e. The van der Waals surface area contributed by atoms with Gasteiger partial charge in [-0.25, -0.2) is 0 Å². The van der Waals surface area contributed by atoms with E-state index in [1.165, 1.54) is 44.1 Å². The van der Waals surface area contributed by atoms with Crippen LogP contribution in [-0.4, -0.2) is 28.6 Å². The Bertz CT molecular complexity index is 759. The summed E-state index contributed by atoms with van der Waals surface area (Å²) in [4.78, 5) is 14.9. The molecule has 4 rings (SSSR count). The van der Waals surface area contributed by atoms with E-state index >= 15 is 0 Å². The van der Waals surface area contributed by atoms with Gasteiger partial charge in [-0.1, -0.05) is 55.6 Å². The van der Waals surface area contributed by atoms with Crippen LogP contribution < -0.4 is 0 Å². The summed E-state index contributed by atoms with van der Waals surface area (Å²) in [5, 5.41) is 4.08. The molecule has 1 saturated heterocycles. The lowest BCUT2D eigenvalue weighted by Crippen LogP contribution is -2.43.